The molecule has 10 heteroatoms. The van der Waals surface area contributed by atoms with Gasteiger partial charge in [-0.15, -0.1) is 0 Å². The van der Waals surface area contributed by atoms with Crippen LogP contribution in [0.3, 0.4) is 0 Å². The van der Waals surface area contributed by atoms with Crippen molar-refractivity contribution in [2.45, 2.75) is 11.8 Å². The van der Waals surface area contributed by atoms with Gasteiger partial charge in [0.15, 0.2) is 0 Å². The quantitative estimate of drug-likeness (QED) is 0.747. The fourth-order valence-corrected chi connectivity index (χ4v) is 3.80. The number of hydrogen-bond acceptors (Lipinski definition) is 5. The van der Waals surface area contributed by atoms with Gasteiger partial charge >= 0.3 is 0 Å². The van der Waals surface area contributed by atoms with E-state index in [9.17, 15) is 8.42 Å². The molecule has 0 atom stereocenters. The van der Waals surface area contributed by atoms with Gasteiger partial charge in [0, 0.05) is 23.5 Å². The third-order valence-electron chi connectivity index (χ3n) is 3.16. The van der Waals surface area contributed by atoms with Crippen LogP contribution in [0, 0.1) is 6.92 Å². The maximum absolute atomic E-state index is 12.6. The van der Waals surface area contributed by atoms with Crippen molar-refractivity contribution in [2.24, 2.45) is 0 Å². The number of benzene rings is 1. The molecule has 0 spiro atoms. The molecule has 0 aliphatic rings. The molecule has 124 valence electrons. The van der Waals surface area contributed by atoms with Gasteiger partial charge in [0.1, 0.15) is 29.2 Å². The second kappa shape index (κ2) is 6.39. The maximum atomic E-state index is 12.6. The third kappa shape index (κ3) is 3.35. The highest BCUT2D eigenvalue weighted by atomic mass is 35.5. The van der Waals surface area contributed by atoms with Gasteiger partial charge in [-0.05, 0) is 24.6 Å². The molecular weight excluding hydrogens is 373 g/mol. The van der Waals surface area contributed by atoms with Crippen LogP contribution in [0.4, 0.5) is 5.82 Å². The van der Waals surface area contributed by atoms with Crippen molar-refractivity contribution in [1.29, 1.82) is 0 Å². The van der Waals surface area contributed by atoms with E-state index in [0.29, 0.717) is 16.4 Å². The molecule has 2 heterocycles. The van der Waals surface area contributed by atoms with Gasteiger partial charge in [-0.2, -0.15) is 0 Å². The van der Waals surface area contributed by atoms with Gasteiger partial charge in [0.25, 0.3) is 10.0 Å². The van der Waals surface area contributed by atoms with E-state index in [1.165, 1.54) is 24.5 Å². The zero-order valence-electron chi connectivity index (χ0n) is 12.3. The third-order valence-corrected chi connectivity index (χ3v) is 5.39. The summed E-state index contributed by atoms with van der Waals surface area (Å²) in [7, 11) is -3.92. The summed E-state index contributed by atoms with van der Waals surface area (Å²) < 4.78 is 29.1. The highest BCUT2D eigenvalue weighted by molar-refractivity contribution is 7.92. The summed E-state index contributed by atoms with van der Waals surface area (Å²) in [6.45, 7) is 1.69. The Balaban J connectivity index is 1.96. The fourth-order valence-electron chi connectivity index (χ4n) is 1.97. The second-order valence-electron chi connectivity index (χ2n) is 4.87. The smallest absolute Gasteiger partial charge is 0.264 e. The summed E-state index contributed by atoms with van der Waals surface area (Å²) in [6.07, 6.45) is 6.06. The Labute approximate surface area is 148 Å². The molecule has 7 nitrogen and oxygen atoms in total. The number of halogens is 2. The van der Waals surface area contributed by atoms with Gasteiger partial charge in [-0.3, -0.25) is 9.29 Å². The van der Waals surface area contributed by atoms with Crippen molar-refractivity contribution < 1.29 is 8.42 Å². The Bertz CT molecular complexity index is 990. The van der Waals surface area contributed by atoms with Crippen LogP contribution in [0.2, 0.25) is 10.0 Å². The molecule has 0 aliphatic carbocycles. The number of anilines is 1. The van der Waals surface area contributed by atoms with E-state index in [0.717, 1.165) is 0 Å². The SMILES string of the molecule is Cc1cc(S(=O)(=O)Nc2cc(-n3ccnc3)ncn2)c(Cl)cc1Cl. The van der Waals surface area contributed by atoms with Gasteiger partial charge in [0.05, 0.1) is 5.02 Å². The molecule has 2 aromatic heterocycles. The zero-order chi connectivity index (χ0) is 17.3. The van der Waals surface area contributed by atoms with Crippen molar-refractivity contribution in [2.75, 3.05) is 4.72 Å². The van der Waals surface area contributed by atoms with Gasteiger partial charge in [0.2, 0.25) is 0 Å². The van der Waals surface area contributed by atoms with Crippen LogP contribution in [0.1, 0.15) is 5.56 Å². The van der Waals surface area contributed by atoms with E-state index in [1.54, 1.807) is 30.2 Å². The molecule has 0 radical (unpaired) electrons. The second-order valence-corrected chi connectivity index (χ2v) is 7.33. The van der Waals surface area contributed by atoms with Crippen LogP contribution < -0.4 is 4.72 Å². The summed E-state index contributed by atoms with van der Waals surface area (Å²) in [5, 5.41) is 0.422. The van der Waals surface area contributed by atoms with Crippen LogP contribution >= 0.6 is 23.2 Å². The van der Waals surface area contributed by atoms with Gasteiger partial charge in [-0.25, -0.2) is 23.4 Å². The molecule has 3 aromatic rings. The molecule has 0 unspecified atom stereocenters. The van der Waals surface area contributed by atoms with Crippen molar-refractivity contribution in [3.63, 3.8) is 0 Å². The maximum Gasteiger partial charge on any atom is 0.264 e. The molecule has 0 saturated carbocycles. The number of aryl methyl sites for hydroxylation is 1. The molecule has 1 aromatic carbocycles. The summed E-state index contributed by atoms with van der Waals surface area (Å²) >= 11 is 12.0. The number of nitrogens with zero attached hydrogens (tertiary/aromatic N) is 4. The van der Waals surface area contributed by atoms with Crippen LogP contribution in [0.25, 0.3) is 5.82 Å². The normalized spacial score (nSPS) is 11.5. The van der Waals surface area contributed by atoms with E-state index in [-0.39, 0.29) is 15.7 Å². The number of rotatable bonds is 4. The summed E-state index contributed by atoms with van der Waals surface area (Å²) in [5.41, 5.74) is 0.600. The predicted octanol–water partition coefficient (Wildman–Crippen LogP) is 3.08. The Kier molecular flexibility index (Phi) is 4.44. The van der Waals surface area contributed by atoms with E-state index in [1.807, 2.05) is 0 Å². The summed E-state index contributed by atoms with van der Waals surface area (Å²) in [4.78, 5) is 11.8. The largest absolute Gasteiger partial charge is 0.290 e. The minimum Gasteiger partial charge on any atom is -0.290 e. The molecule has 0 bridgehead atoms. The van der Waals surface area contributed by atoms with Gasteiger partial charge < -0.3 is 0 Å². The lowest BCUT2D eigenvalue weighted by Gasteiger charge is -2.11. The average Bonchev–Trinajstić information content (AvgIpc) is 3.05. The first-order chi connectivity index (χ1) is 11.4. The molecule has 0 aliphatic heterocycles. The molecule has 1 N–H and O–H groups in total. The molecule has 0 fully saturated rings. The Hall–Kier alpha value is -2.16. The highest BCUT2D eigenvalue weighted by Crippen LogP contribution is 2.29. The minimum atomic E-state index is -3.92. The fraction of sp³-hybridized carbons (Fsp3) is 0.0714. The Morgan fingerprint density at radius 2 is 1.92 bits per heavy atom. The van der Waals surface area contributed by atoms with Crippen LogP contribution in [0.15, 0.2) is 48.1 Å². The van der Waals surface area contributed by atoms with Crippen molar-refractivity contribution in [1.82, 2.24) is 19.5 Å². The number of sulfonamides is 1. The van der Waals surface area contributed by atoms with E-state index in [2.05, 4.69) is 19.7 Å². The molecule has 3 rings (SSSR count). The topological polar surface area (TPSA) is 89.8 Å². The monoisotopic (exact) mass is 383 g/mol. The van der Waals surface area contributed by atoms with Crippen molar-refractivity contribution >= 4 is 39.0 Å². The van der Waals surface area contributed by atoms with Crippen molar-refractivity contribution in [3.8, 4) is 5.82 Å². The predicted molar refractivity (Wildman–Crippen MR) is 91.2 cm³/mol. The van der Waals surface area contributed by atoms with Crippen LogP contribution in [-0.4, -0.2) is 27.9 Å². The lowest BCUT2D eigenvalue weighted by molar-refractivity contribution is 0.601. The van der Waals surface area contributed by atoms with E-state index in [4.69, 9.17) is 23.2 Å². The number of imidazole rings is 1. The first kappa shape index (κ1) is 16.7. The van der Waals surface area contributed by atoms with E-state index >= 15 is 0 Å². The van der Waals surface area contributed by atoms with E-state index < -0.39 is 10.0 Å². The molecule has 24 heavy (non-hydrogen) atoms. The van der Waals surface area contributed by atoms with Gasteiger partial charge in [-0.1, -0.05) is 23.2 Å². The number of aromatic nitrogens is 4. The van der Waals surface area contributed by atoms with Crippen molar-refractivity contribution in [3.05, 3.63) is 58.9 Å². The first-order valence-corrected chi connectivity index (χ1v) is 8.89. The lowest BCUT2D eigenvalue weighted by atomic mass is 10.2. The number of hydrogen-bond donors (Lipinski definition) is 1. The Morgan fingerprint density at radius 3 is 2.62 bits per heavy atom. The highest BCUT2D eigenvalue weighted by Gasteiger charge is 2.20. The molecular formula is C14H11Cl2N5O2S. The molecule has 0 amide bonds. The summed E-state index contributed by atoms with van der Waals surface area (Å²) in [5.74, 6) is 0.580. The van der Waals surface area contributed by atoms with Crippen LogP contribution in [-0.2, 0) is 10.0 Å². The standard InChI is InChI=1S/C14H11Cl2N5O2S/c1-9-4-12(11(16)5-10(9)15)24(22,23)20-13-6-14(19-7-18-13)21-3-2-17-8-21/h2-8H,1H3,(H,18,19,20). The lowest BCUT2D eigenvalue weighted by Crippen LogP contribution is -2.15. The average molecular weight is 384 g/mol. The number of nitrogens with one attached hydrogen (secondary N) is 1. The zero-order valence-corrected chi connectivity index (χ0v) is 14.6. The van der Waals surface area contributed by atoms with Crippen LogP contribution in [0.5, 0.6) is 0 Å². The minimum absolute atomic E-state index is 0.0296. The Morgan fingerprint density at radius 1 is 1.12 bits per heavy atom. The molecule has 0 saturated heterocycles. The summed E-state index contributed by atoms with van der Waals surface area (Å²) in [6, 6.07) is 4.28. The first-order valence-electron chi connectivity index (χ1n) is 6.65.